The van der Waals surface area contributed by atoms with E-state index in [2.05, 4.69) is 69.6 Å². The third-order valence-corrected chi connectivity index (χ3v) is 7.74. The quantitative estimate of drug-likeness (QED) is 0.247. The molecule has 0 bridgehead atoms. The van der Waals surface area contributed by atoms with Gasteiger partial charge in [-0.05, 0) is 66.3 Å². The van der Waals surface area contributed by atoms with E-state index in [9.17, 15) is 9.59 Å². The van der Waals surface area contributed by atoms with Crippen molar-refractivity contribution in [2.24, 2.45) is 0 Å². The number of para-hydroxylation sites is 2. The van der Waals surface area contributed by atoms with Gasteiger partial charge < -0.3 is 9.47 Å². The van der Waals surface area contributed by atoms with Gasteiger partial charge in [0.25, 0.3) is 5.91 Å². The molecule has 2 heterocycles. The van der Waals surface area contributed by atoms with E-state index in [0.29, 0.717) is 12.1 Å². The fraction of sp³-hybridized carbons (Fsp3) is 0.314. The Labute approximate surface area is 238 Å². The molecule has 1 atom stereocenters. The van der Waals surface area contributed by atoms with Crippen LogP contribution in [0.4, 0.5) is 5.69 Å². The topological polar surface area (TPSA) is 45.6 Å². The lowest BCUT2D eigenvalue weighted by Gasteiger charge is -2.39. The second-order valence-corrected chi connectivity index (χ2v) is 11.8. The summed E-state index contributed by atoms with van der Waals surface area (Å²) in [5.41, 5.74) is 6.82. The van der Waals surface area contributed by atoms with Gasteiger partial charge in [0.05, 0.1) is 17.1 Å². The Hall–Kier alpha value is -4.12. The Morgan fingerprint density at radius 3 is 2.27 bits per heavy atom. The average molecular weight is 534 g/mol. The first-order valence-electron chi connectivity index (χ1n) is 14.2. The molecule has 5 nitrogen and oxygen atoms in total. The molecule has 3 aromatic carbocycles. The molecule has 5 rings (SSSR count). The highest BCUT2D eigenvalue weighted by atomic mass is 16.2. The molecule has 0 radical (unpaired) electrons. The molecule has 206 valence electrons. The van der Waals surface area contributed by atoms with Gasteiger partial charge in [-0.25, -0.2) is 0 Å². The zero-order chi connectivity index (χ0) is 28.4. The van der Waals surface area contributed by atoms with Crippen molar-refractivity contribution in [3.8, 4) is 5.69 Å². The van der Waals surface area contributed by atoms with Crippen LogP contribution in [0.3, 0.4) is 0 Å². The molecule has 40 heavy (non-hydrogen) atoms. The molecule has 0 spiro atoms. The zero-order valence-electron chi connectivity index (χ0n) is 24.2. The number of hydrogen-bond acceptors (Lipinski definition) is 2. The molecule has 0 N–H and O–H groups in total. The number of anilines is 1. The third kappa shape index (κ3) is 5.33. The molecule has 0 saturated carbocycles. The number of amides is 2. The Morgan fingerprint density at radius 2 is 1.60 bits per heavy atom. The summed E-state index contributed by atoms with van der Waals surface area (Å²) in [6.07, 6.45) is 3.82. The number of rotatable bonds is 7. The summed E-state index contributed by atoms with van der Waals surface area (Å²) in [7, 11) is 0. The number of carbonyl (C=O) groups excluding carboxylic acids is 2. The van der Waals surface area contributed by atoms with Crippen molar-refractivity contribution in [1.82, 2.24) is 9.47 Å². The second kappa shape index (κ2) is 11.2. The van der Waals surface area contributed by atoms with Crippen molar-refractivity contribution in [1.29, 1.82) is 0 Å². The average Bonchev–Trinajstić information content (AvgIpc) is 3.43. The highest BCUT2D eigenvalue weighted by molar-refractivity contribution is 6.02. The maximum Gasteiger partial charge on any atom is 0.254 e. The van der Waals surface area contributed by atoms with Crippen molar-refractivity contribution < 1.29 is 9.59 Å². The minimum atomic E-state index is -0.300. The summed E-state index contributed by atoms with van der Waals surface area (Å²) < 4.78 is 2.17. The number of hydrogen-bond donors (Lipinski definition) is 0. The molecule has 0 fully saturated rings. The zero-order valence-corrected chi connectivity index (χ0v) is 24.2. The number of aryl methyl sites for hydroxylation is 1. The van der Waals surface area contributed by atoms with Crippen LogP contribution in [0.15, 0.2) is 91.1 Å². The summed E-state index contributed by atoms with van der Waals surface area (Å²) in [5, 5.41) is 0. The fourth-order valence-corrected chi connectivity index (χ4v) is 5.55. The van der Waals surface area contributed by atoms with Gasteiger partial charge in [-0.15, -0.1) is 0 Å². The smallest absolute Gasteiger partial charge is 0.254 e. The van der Waals surface area contributed by atoms with E-state index in [1.165, 1.54) is 5.56 Å². The Bertz CT molecular complexity index is 1510. The lowest BCUT2D eigenvalue weighted by Crippen LogP contribution is -2.47. The van der Waals surface area contributed by atoms with Crippen LogP contribution in [0.1, 0.15) is 79.3 Å². The van der Waals surface area contributed by atoms with Crippen molar-refractivity contribution >= 4 is 17.5 Å². The fourth-order valence-electron chi connectivity index (χ4n) is 5.55. The highest BCUT2D eigenvalue weighted by Gasteiger charge is 2.37. The maximum absolute atomic E-state index is 14.4. The van der Waals surface area contributed by atoms with Gasteiger partial charge in [-0.3, -0.25) is 14.5 Å². The lowest BCUT2D eigenvalue weighted by molar-refractivity contribution is -0.119. The molecule has 1 aliphatic heterocycles. The summed E-state index contributed by atoms with van der Waals surface area (Å²) >= 11 is 0. The Kier molecular flexibility index (Phi) is 7.66. The largest absolute Gasteiger partial charge is 0.329 e. The van der Waals surface area contributed by atoms with Crippen LogP contribution < -0.4 is 4.90 Å². The van der Waals surface area contributed by atoms with E-state index in [4.69, 9.17) is 0 Å². The van der Waals surface area contributed by atoms with Gasteiger partial charge in [0.15, 0.2) is 0 Å². The molecule has 4 aromatic rings. The first-order valence-corrected chi connectivity index (χ1v) is 14.2. The molecular weight excluding hydrogens is 494 g/mol. The normalized spacial score (nSPS) is 14.4. The Balaban J connectivity index is 1.52. The number of carbonyl (C=O) groups is 2. The summed E-state index contributed by atoms with van der Waals surface area (Å²) in [4.78, 5) is 31.8. The van der Waals surface area contributed by atoms with Crippen molar-refractivity contribution in [2.45, 2.75) is 58.9 Å². The van der Waals surface area contributed by atoms with Gasteiger partial charge in [0, 0.05) is 18.3 Å². The summed E-state index contributed by atoms with van der Waals surface area (Å²) in [6, 6.07) is 28.0. The number of fused-ring (bicyclic) bond motifs is 3. The van der Waals surface area contributed by atoms with Crippen LogP contribution in [-0.4, -0.2) is 34.4 Å². The highest BCUT2D eigenvalue weighted by Crippen LogP contribution is 2.42. The molecule has 0 saturated heterocycles. The van der Waals surface area contributed by atoms with E-state index >= 15 is 0 Å². The van der Waals surface area contributed by atoms with Crippen LogP contribution in [0.2, 0.25) is 0 Å². The van der Waals surface area contributed by atoms with E-state index in [1.54, 1.807) is 4.90 Å². The van der Waals surface area contributed by atoms with Crippen LogP contribution in [0.25, 0.3) is 5.69 Å². The van der Waals surface area contributed by atoms with Gasteiger partial charge in [-0.2, -0.15) is 0 Å². The minimum absolute atomic E-state index is 0.00353. The molecule has 1 aromatic heterocycles. The van der Waals surface area contributed by atoms with Crippen LogP contribution in [-0.2, 0) is 10.2 Å². The van der Waals surface area contributed by atoms with Crippen LogP contribution in [0, 0.1) is 6.92 Å². The SMILES string of the molecule is CCCCN(CC(=O)N1c2ccccc2-n2cccc2C1c1cccc(C)c1)C(=O)c1ccc(C(C)(C)C)cc1. The van der Waals surface area contributed by atoms with Crippen LogP contribution in [0.5, 0.6) is 0 Å². The first-order chi connectivity index (χ1) is 19.2. The molecule has 0 aliphatic carbocycles. The molecule has 5 heteroatoms. The Morgan fingerprint density at radius 1 is 0.875 bits per heavy atom. The predicted molar refractivity (Wildman–Crippen MR) is 162 cm³/mol. The van der Waals surface area contributed by atoms with E-state index < -0.39 is 0 Å². The summed E-state index contributed by atoms with van der Waals surface area (Å²) in [5.74, 6) is -0.204. The van der Waals surface area contributed by atoms with Crippen molar-refractivity contribution in [3.63, 3.8) is 0 Å². The number of nitrogens with zero attached hydrogens (tertiary/aromatic N) is 3. The number of aromatic nitrogens is 1. The number of unbranched alkanes of at least 4 members (excludes halogenated alkanes) is 1. The molecule has 1 aliphatic rings. The van der Waals surface area contributed by atoms with E-state index in [-0.39, 0.29) is 29.8 Å². The van der Waals surface area contributed by atoms with Gasteiger partial charge >= 0.3 is 0 Å². The van der Waals surface area contributed by atoms with Gasteiger partial charge in [0.1, 0.15) is 12.6 Å². The van der Waals surface area contributed by atoms with Crippen molar-refractivity contribution in [3.05, 3.63) is 119 Å². The number of benzene rings is 3. The second-order valence-electron chi connectivity index (χ2n) is 11.8. The summed E-state index contributed by atoms with van der Waals surface area (Å²) in [6.45, 7) is 11.2. The molecular formula is C35H39N3O2. The molecule has 1 unspecified atom stereocenters. The maximum atomic E-state index is 14.4. The third-order valence-electron chi connectivity index (χ3n) is 7.74. The first kappa shape index (κ1) is 27.4. The molecule has 2 amide bonds. The standard InChI is InChI=1S/C35H39N3O2/c1-6-7-21-36(34(40)26-17-19-28(20-18-26)35(3,4)5)24-32(39)38-30-15-9-8-14-29(30)37-22-11-16-31(37)33(38)27-13-10-12-25(2)23-27/h8-20,22-23,33H,6-7,21,24H2,1-5H3. The lowest BCUT2D eigenvalue weighted by atomic mass is 9.86. The van der Waals surface area contributed by atoms with Gasteiger partial charge in [0.2, 0.25) is 5.91 Å². The van der Waals surface area contributed by atoms with Crippen LogP contribution >= 0.6 is 0 Å². The van der Waals surface area contributed by atoms with E-state index in [0.717, 1.165) is 41.0 Å². The monoisotopic (exact) mass is 533 g/mol. The van der Waals surface area contributed by atoms with Gasteiger partial charge in [-0.1, -0.05) is 88.2 Å². The minimum Gasteiger partial charge on any atom is -0.329 e. The van der Waals surface area contributed by atoms with E-state index in [1.807, 2.05) is 65.6 Å². The van der Waals surface area contributed by atoms with Crippen molar-refractivity contribution in [2.75, 3.05) is 18.0 Å². The predicted octanol–water partition coefficient (Wildman–Crippen LogP) is 7.46.